The molecule has 0 saturated heterocycles. The van der Waals surface area contributed by atoms with E-state index in [1.165, 1.54) is 0 Å². The number of hydrogen-bond donors (Lipinski definition) is 3. The number of carbonyl (C=O) groups excluding carboxylic acids is 2. The monoisotopic (exact) mass is 403 g/mol. The second-order valence-corrected chi connectivity index (χ2v) is 6.67. The molecule has 0 unspecified atom stereocenters. The predicted molar refractivity (Wildman–Crippen MR) is 116 cm³/mol. The van der Waals surface area contributed by atoms with E-state index in [1.54, 1.807) is 0 Å². The van der Waals surface area contributed by atoms with E-state index in [1.807, 2.05) is 84.9 Å². The Kier molecular flexibility index (Phi) is 7.85. The van der Waals surface area contributed by atoms with Crippen LogP contribution in [0, 0.1) is 0 Å². The molecule has 154 valence electrons. The minimum atomic E-state index is -0.384. The van der Waals surface area contributed by atoms with Gasteiger partial charge < -0.3 is 20.7 Å². The van der Waals surface area contributed by atoms with Crippen LogP contribution in [-0.2, 0) is 24.5 Å². The van der Waals surface area contributed by atoms with Crippen molar-refractivity contribution in [3.05, 3.63) is 102 Å². The van der Waals surface area contributed by atoms with Gasteiger partial charge in [-0.1, -0.05) is 72.8 Å². The first kappa shape index (κ1) is 20.9. The molecule has 0 heterocycles. The molecule has 30 heavy (non-hydrogen) atoms. The Morgan fingerprint density at radius 2 is 1.30 bits per heavy atom. The van der Waals surface area contributed by atoms with Crippen molar-refractivity contribution in [2.75, 3.05) is 6.54 Å². The molecule has 0 aromatic heterocycles. The fourth-order valence-electron chi connectivity index (χ4n) is 2.81. The van der Waals surface area contributed by atoms with Gasteiger partial charge in [-0.3, -0.25) is 4.79 Å². The summed E-state index contributed by atoms with van der Waals surface area (Å²) in [6.45, 7) is 1.09. The second kappa shape index (κ2) is 11.3. The molecule has 0 atom stereocenters. The highest BCUT2D eigenvalue weighted by Gasteiger charge is 2.07. The lowest BCUT2D eigenvalue weighted by molar-refractivity contribution is -0.120. The summed E-state index contributed by atoms with van der Waals surface area (Å²) in [5, 5.41) is 8.12. The third-order valence-corrected chi connectivity index (χ3v) is 4.44. The number of hydrogen-bond acceptors (Lipinski definition) is 3. The fourth-order valence-corrected chi connectivity index (χ4v) is 2.81. The van der Waals surface area contributed by atoms with Crippen LogP contribution in [0.2, 0.25) is 0 Å². The SMILES string of the molecule is O=C(CNC(=O)NCc1ccccc1)NCc1ccccc1COc1ccccc1. The van der Waals surface area contributed by atoms with Crippen molar-refractivity contribution < 1.29 is 14.3 Å². The maximum Gasteiger partial charge on any atom is 0.315 e. The first-order chi connectivity index (χ1) is 14.7. The van der Waals surface area contributed by atoms with Crippen LogP contribution in [0.1, 0.15) is 16.7 Å². The average molecular weight is 403 g/mol. The largest absolute Gasteiger partial charge is 0.489 e. The molecule has 0 fully saturated rings. The van der Waals surface area contributed by atoms with Crippen molar-refractivity contribution in [3.63, 3.8) is 0 Å². The van der Waals surface area contributed by atoms with E-state index in [0.717, 1.165) is 22.4 Å². The van der Waals surface area contributed by atoms with Crippen molar-refractivity contribution in [1.82, 2.24) is 16.0 Å². The lowest BCUT2D eigenvalue weighted by Gasteiger charge is -2.12. The normalized spacial score (nSPS) is 10.1. The van der Waals surface area contributed by atoms with Gasteiger partial charge in [0.1, 0.15) is 12.4 Å². The smallest absolute Gasteiger partial charge is 0.315 e. The molecule has 3 aromatic rings. The Hall–Kier alpha value is -3.80. The van der Waals surface area contributed by atoms with Crippen molar-refractivity contribution >= 4 is 11.9 Å². The van der Waals surface area contributed by atoms with Gasteiger partial charge in [-0.05, 0) is 28.8 Å². The average Bonchev–Trinajstić information content (AvgIpc) is 2.80. The lowest BCUT2D eigenvalue weighted by atomic mass is 10.1. The van der Waals surface area contributed by atoms with E-state index in [4.69, 9.17) is 4.74 Å². The quantitative estimate of drug-likeness (QED) is 0.512. The standard InChI is InChI=1S/C24H25N3O3/c28-23(17-27-24(29)26-15-19-9-3-1-4-10-19)25-16-20-11-7-8-12-21(20)18-30-22-13-5-2-6-14-22/h1-14H,15-18H2,(H,25,28)(H2,26,27,29). The number of urea groups is 1. The summed E-state index contributed by atoms with van der Waals surface area (Å²) in [7, 11) is 0. The van der Waals surface area contributed by atoms with Crippen LogP contribution in [0.4, 0.5) is 4.79 Å². The molecule has 3 aromatic carbocycles. The molecule has 0 aliphatic carbocycles. The summed E-state index contributed by atoms with van der Waals surface area (Å²) in [4.78, 5) is 24.0. The third-order valence-electron chi connectivity index (χ3n) is 4.44. The van der Waals surface area contributed by atoms with Gasteiger partial charge in [0.2, 0.25) is 5.91 Å². The Morgan fingerprint density at radius 3 is 2.03 bits per heavy atom. The second-order valence-electron chi connectivity index (χ2n) is 6.67. The summed E-state index contributed by atoms with van der Waals surface area (Å²) in [5.41, 5.74) is 2.96. The van der Waals surface area contributed by atoms with Gasteiger partial charge in [0.15, 0.2) is 0 Å². The number of ether oxygens (including phenoxy) is 1. The van der Waals surface area contributed by atoms with Crippen molar-refractivity contribution in [2.45, 2.75) is 19.7 Å². The van der Waals surface area contributed by atoms with Crippen LogP contribution < -0.4 is 20.7 Å². The molecule has 6 heteroatoms. The van der Waals surface area contributed by atoms with E-state index < -0.39 is 0 Å². The number of benzene rings is 3. The maximum atomic E-state index is 12.1. The summed E-state index contributed by atoms with van der Waals surface area (Å²) in [5.74, 6) is 0.533. The summed E-state index contributed by atoms with van der Waals surface area (Å²) in [6, 6.07) is 26.6. The Balaban J connectivity index is 1.40. The van der Waals surface area contributed by atoms with Gasteiger partial charge in [0, 0.05) is 13.1 Å². The molecule has 0 saturated carbocycles. The van der Waals surface area contributed by atoms with Crippen LogP contribution in [0.25, 0.3) is 0 Å². The zero-order valence-electron chi connectivity index (χ0n) is 16.6. The maximum absolute atomic E-state index is 12.1. The first-order valence-electron chi connectivity index (χ1n) is 9.77. The molecule has 0 spiro atoms. The predicted octanol–water partition coefficient (Wildman–Crippen LogP) is 3.38. The van der Waals surface area contributed by atoms with Crippen LogP contribution in [-0.4, -0.2) is 18.5 Å². The number of para-hydroxylation sites is 1. The van der Waals surface area contributed by atoms with Crippen LogP contribution >= 0.6 is 0 Å². The first-order valence-corrected chi connectivity index (χ1v) is 9.77. The number of carbonyl (C=O) groups is 2. The topological polar surface area (TPSA) is 79.5 Å². The highest BCUT2D eigenvalue weighted by Crippen LogP contribution is 2.14. The Morgan fingerprint density at radius 1 is 0.667 bits per heavy atom. The van der Waals surface area contributed by atoms with E-state index in [2.05, 4.69) is 16.0 Å². The van der Waals surface area contributed by atoms with Crippen LogP contribution in [0.3, 0.4) is 0 Å². The minimum Gasteiger partial charge on any atom is -0.489 e. The van der Waals surface area contributed by atoms with E-state index in [0.29, 0.717) is 19.7 Å². The molecule has 0 aliphatic rings. The molecular weight excluding hydrogens is 378 g/mol. The van der Waals surface area contributed by atoms with Gasteiger partial charge in [0.25, 0.3) is 0 Å². The molecule has 3 amide bonds. The van der Waals surface area contributed by atoms with E-state index in [-0.39, 0.29) is 18.5 Å². The number of rotatable bonds is 9. The number of amides is 3. The Labute approximate surface area is 176 Å². The highest BCUT2D eigenvalue weighted by atomic mass is 16.5. The van der Waals surface area contributed by atoms with Gasteiger partial charge in [-0.25, -0.2) is 4.79 Å². The molecule has 0 aliphatic heterocycles. The van der Waals surface area contributed by atoms with E-state index >= 15 is 0 Å². The minimum absolute atomic E-state index is 0.0939. The zero-order chi connectivity index (χ0) is 21.0. The lowest BCUT2D eigenvalue weighted by Crippen LogP contribution is -2.41. The molecule has 6 nitrogen and oxygen atoms in total. The fraction of sp³-hybridized carbons (Fsp3) is 0.167. The molecule has 0 radical (unpaired) electrons. The van der Waals surface area contributed by atoms with Gasteiger partial charge in [-0.2, -0.15) is 0 Å². The van der Waals surface area contributed by atoms with Crippen LogP contribution in [0.5, 0.6) is 5.75 Å². The van der Waals surface area contributed by atoms with Crippen molar-refractivity contribution in [3.8, 4) is 5.75 Å². The molecule has 0 bridgehead atoms. The van der Waals surface area contributed by atoms with Crippen molar-refractivity contribution in [1.29, 1.82) is 0 Å². The Bertz CT molecular complexity index is 946. The summed E-state index contributed by atoms with van der Waals surface area (Å²) < 4.78 is 5.80. The molecule has 3 rings (SSSR count). The molecule has 3 N–H and O–H groups in total. The summed E-state index contributed by atoms with van der Waals surface area (Å²) >= 11 is 0. The number of nitrogens with one attached hydrogen (secondary N) is 3. The van der Waals surface area contributed by atoms with Gasteiger partial charge in [0.05, 0.1) is 6.54 Å². The van der Waals surface area contributed by atoms with Gasteiger partial charge >= 0.3 is 6.03 Å². The van der Waals surface area contributed by atoms with Gasteiger partial charge in [-0.15, -0.1) is 0 Å². The zero-order valence-corrected chi connectivity index (χ0v) is 16.6. The van der Waals surface area contributed by atoms with E-state index in [9.17, 15) is 9.59 Å². The van der Waals surface area contributed by atoms with Crippen LogP contribution in [0.15, 0.2) is 84.9 Å². The van der Waals surface area contributed by atoms with Crippen molar-refractivity contribution in [2.24, 2.45) is 0 Å². The third kappa shape index (κ3) is 6.98. The molecular formula is C24H25N3O3. The summed E-state index contributed by atoms with van der Waals surface area (Å²) in [6.07, 6.45) is 0. The highest BCUT2D eigenvalue weighted by molar-refractivity contribution is 5.83.